The number of methoxy groups -OCH3 is 1. The summed E-state index contributed by atoms with van der Waals surface area (Å²) in [5.41, 5.74) is 9.02. The highest BCUT2D eigenvalue weighted by Crippen LogP contribution is 2.27. The number of ether oxygens (including phenoxy) is 1. The maximum Gasteiger partial charge on any atom is 0.232 e. The van der Waals surface area contributed by atoms with Crippen LogP contribution in [0.5, 0.6) is 5.75 Å². The number of aryl methyl sites for hydroxylation is 1. The highest BCUT2D eigenvalue weighted by atomic mass is 32.2. The lowest BCUT2D eigenvalue weighted by Gasteiger charge is -2.11. The topological polar surface area (TPSA) is 117 Å². The van der Waals surface area contributed by atoms with E-state index in [1.54, 1.807) is 7.11 Å². The number of nitrogens with two attached hydrogens (primary N) is 1. The molecule has 0 atom stereocenters. The molecule has 2 aromatic heterocycles. The van der Waals surface area contributed by atoms with Crippen LogP contribution in [0.1, 0.15) is 18.3 Å². The third-order valence-corrected chi connectivity index (χ3v) is 6.01. The first-order chi connectivity index (χ1) is 16.6. The monoisotopic (exact) mass is 474 g/mol. The molecular weight excluding hydrogens is 448 g/mol. The molecule has 0 amide bonds. The molecule has 0 fully saturated rings. The number of hydrogen-bond acceptors (Lipinski definition) is 9. The largest absolute Gasteiger partial charge is 0.497 e. The summed E-state index contributed by atoms with van der Waals surface area (Å²) < 4.78 is 7.25. The average Bonchev–Trinajstić information content (AvgIpc) is 3.25. The zero-order valence-electron chi connectivity index (χ0n) is 19.1. The Morgan fingerprint density at radius 2 is 1.88 bits per heavy atom. The highest BCUT2D eigenvalue weighted by Gasteiger charge is 2.15. The van der Waals surface area contributed by atoms with Gasteiger partial charge in [0.2, 0.25) is 11.9 Å². The Balaban J connectivity index is 1.54. The van der Waals surface area contributed by atoms with Crippen molar-refractivity contribution < 1.29 is 4.74 Å². The Morgan fingerprint density at radius 3 is 2.62 bits per heavy atom. The van der Waals surface area contributed by atoms with Gasteiger partial charge in [-0.1, -0.05) is 43.0 Å². The Hall–Kier alpha value is -3.92. The molecule has 10 heteroatoms. The number of nitrogens with one attached hydrogen (secondary N) is 1. The first-order valence-corrected chi connectivity index (χ1v) is 11.8. The van der Waals surface area contributed by atoms with E-state index in [0.717, 1.165) is 34.4 Å². The maximum atomic E-state index is 5.97. The van der Waals surface area contributed by atoms with Gasteiger partial charge in [-0.05, 0) is 42.3 Å². The third-order valence-electron chi connectivity index (χ3n) is 5.05. The van der Waals surface area contributed by atoms with Gasteiger partial charge in [-0.2, -0.15) is 15.0 Å². The zero-order valence-corrected chi connectivity index (χ0v) is 19.9. The van der Waals surface area contributed by atoms with Crippen LogP contribution in [-0.4, -0.2) is 36.8 Å². The molecular formula is C24H26N8OS. The number of aromatic nitrogens is 6. The van der Waals surface area contributed by atoms with E-state index in [9.17, 15) is 0 Å². The number of para-hydroxylation sites is 1. The molecule has 0 saturated carbocycles. The summed E-state index contributed by atoms with van der Waals surface area (Å²) in [7, 11) is 1.64. The van der Waals surface area contributed by atoms with E-state index in [0.29, 0.717) is 24.1 Å². The molecule has 4 rings (SSSR count). The van der Waals surface area contributed by atoms with Crippen LogP contribution in [0.15, 0.2) is 66.3 Å². The van der Waals surface area contributed by atoms with Gasteiger partial charge in [-0.3, -0.25) is 4.57 Å². The lowest BCUT2D eigenvalue weighted by Crippen LogP contribution is -2.08. The molecule has 174 valence electrons. The fourth-order valence-corrected chi connectivity index (χ4v) is 4.20. The Bertz CT molecular complexity index is 1270. The molecule has 9 nitrogen and oxygen atoms in total. The molecule has 34 heavy (non-hydrogen) atoms. The van der Waals surface area contributed by atoms with Crippen LogP contribution in [0.4, 0.5) is 17.6 Å². The van der Waals surface area contributed by atoms with E-state index in [1.165, 1.54) is 17.3 Å². The fourth-order valence-electron chi connectivity index (χ4n) is 3.40. The summed E-state index contributed by atoms with van der Waals surface area (Å²) in [5.74, 6) is 3.11. The van der Waals surface area contributed by atoms with Crippen molar-refractivity contribution in [3.63, 3.8) is 0 Å². The molecule has 0 radical (unpaired) electrons. The minimum atomic E-state index is 0.161. The number of hydrogen-bond donors (Lipinski definition) is 2. The molecule has 0 aliphatic heterocycles. The van der Waals surface area contributed by atoms with Gasteiger partial charge in [0.1, 0.15) is 11.6 Å². The van der Waals surface area contributed by atoms with Gasteiger partial charge in [-0.15, -0.1) is 16.8 Å². The van der Waals surface area contributed by atoms with Crippen molar-refractivity contribution >= 4 is 29.3 Å². The van der Waals surface area contributed by atoms with Crippen LogP contribution in [-0.2, 0) is 18.7 Å². The van der Waals surface area contributed by atoms with Crippen molar-refractivity contribution in [3.05, 3.63) is 72.6 Å². The van der Waals surface area contributed by atoms with Crippen LogP contribution in [0, 0.1) is 0 Å². The van der Waals surface area contributed by atoms with E-state index >= 15 is 0 Å². The van der Waals surface area contributed by atoms with Crippen molar-refractivity contribution in [3.8, 4) is 17.1 Å². The minimum absolute atomic E-state index is 0.161. The van der Waals surface area contributed by atoms with Crippen molar-refractivity contribution in [2.75, 3.05) is 18.2 Å². The van der Waals surface area contributed by atoms with Crippen LogP contribution < -0.4 is 15.8 Å². The van der Waals surface area contributed by atoms with E-state index in [-0.39, 0.29) is 5.95 Å². The highest BCUT2D eigenvalue weighted by molar-refractivity contribution is 7.98. The number of anilines is 3. The standard InChI is InChI=1S/C24H26N8OS/c1-4-14-32-21(17-10-12-18(33-3)13-11-17)30-31-24(32)34-15-20-27-22(25)29-23(28-20)26-19-9-7-6-8-16(19)5-2/h4,6-13H,1,5,14-15H2,2-3H3,(H3,25,26,27,28,29). The van der Waals surface area contributed by atoms with Gasteiger partial charge < -0.3 is 15.8 Å². The lowest BCUT2D eigenvalue weighted by atomic mass is 10.1. The van der Waals surface area contributed by atoms with E-state index in [4.69, 9.17) is 10.5 Å². The summed E-state index contributed by atoms with van der Waals surface area (Å²) >= 11 is 1.48. The van der Waals surface area contributed by atoms with Gasteiger partial charge in [0, 0.05) is 17.8 Å². The van der Waals surface area contributed by atoms with Crippen LogP contribution in [0.2, 0.25) is 0 Å². The predicted octanol–water partition coefficient (Wildman–Crippen LogP) is 4.51. The van der Waals surface area contributed by atoms with Crippen molar-refractivity contribution in [2.24, 2.45) is 0 Å². The van der Waals surface area contributed by atoms with Crippen LogP contribution in [0.3, 0.4) is 0 Å². The number of nitrogen functional groups attached to an aromatic ring is 1. The Morgan fingerprint density at radius 1 is 1.09 bits per heavy atom. The van der Waals surface area contributed by atoms with E-state index in [1.807, 2.05) is 53.1 Å². The van der Waals surface area contributed by atoms with Gasteiger partial charge in [0.05, 0.1) is 12.9 Å². The summed E-state index contributed by atoms with van der Waals surface area (Å²) in [4.78, 5) is 13.1. The van der Waals surface area contributed by atoms with E-state index < -0.39 is 0 Å². The number of benzene rings is 2. The minimum Gasteiger partial charge on any atom is -0.497 e. The summed E-state index contributed by atoms with van der Waals surface area (Å²) in [6.07, 6.45) is 2.70. The fraction of sp³-hybridized carbons (Fsp3) is 0.208. The molecule has 0 bridgehead atoms. The molecule has 0 aliphatic carbocycles. The van der Waals surface area contributed by atoms with Crippen molar-refractivity contribution in [1.29, 1.82) is 0 Å². The number of nitrogens with zero attached hydrogens (tertiary/aromatic N) is 6. The van der Waals surface area contributed by atoms with Gasteiger partial charge in [0.25, 0.3) is 0 Å². The number of allylic oxidation sites excluding steroid dienone is 1. The molecule has 2 aromatic carbocycles. The smallest absolute Gasteiger partial charge is 0.232 e. The van der Waals surface area contributed by atoms with Crippen LogP contribution in [0.25, 0.3) is 11.4 Å². The molecule has 0 saturated heterocycles. The van der Waals surface area contributed by atoms with E-state index in [2.05, 4.69) is 50.0 Å². The first-order valence-electron chi connectivity index (χ1n) is 10.8. The van der Waals surface area contributed by atoms with Gasteiger partial charge >= 0.3 is 0 Å². The number of rotatable bonds is 10. The van der Waals surface area contributed by atoms with Crippen molar-refractivity contribution in [1.82, 2.24) is 29.7 Å². The third kappa shape index (κ3) is 5.34. The zero-order chi connectivity index (χ0) is 23.9. The molecule has 4 aromatic rings. The predicted molar refractivity (Wildman–Crippen MR) is 135 cm³/mol. The summed E-state index contributed by atoms with van der Waals surface area (Å²) in [5, 5.41) is 12.8. The lowest BCUT2D eigenvalue weighted by molar-refractivity contribution is 0.415. The molecule has 0 spiro atoms. The quantitative estimate of drug-likeness (QED) is 0.253. The molecule has 2 heterocycles. The van der Waals surface area contributed by atoms with Gasteiger partial charge in [0.15, 0.2) is 11.0 Å². The second-order valence-electron chi connectivity index (χ2n) is 7.29. The molecule has 0 aliphatic rings. The SMILES string of the molecule is C=CCn1c(SCc2nc(N)nc(Nc3ccccc3CC)n2)nnc1-c1ccc(OC)cc1. The van der Waals surface area contributed by atoms with Crippen molar-refractivity contribution in [2.45, 2.75) is 30.8 Å². The maximum absolute atomic E-state index is 5.97. The normalized spacial score (nSPS) is 10.8. The second-order valence-corrected chi connectivity index (χ2v) is 8.23. The molecule has 3 N–H and O–H groups in total. The van der Waals surface area contributed by atoms with Crippen LogP contribution >= 0.6 is 11.8 Å². The first kappa shape index (κ1) is 23.2. The average molecular weight is 475 g/mol. The Labute approximate surface area is 202 Å². The molecule has 0 unspecified atom stereocenters. The Kier molecular flexibility index (Phi) is 7.38. The second kappa shape index (κ2) is 10.8. The summed E-state index contributed by atoms with van der Waals surface area (Å²) in [6.45, 7) is 6.54. The number of thioether (sulfide) groups is 1. The van der Waals surface area contributed by atoms with Gasteiger partial charge in [-0.25, -0.2) is 0 Å². The summed E-state index contributed by atoms with van der Waals surface area (Å²) in [6, 6.07) is 15.7.